The highest BCUT2D eigenvalue weighted by Gasteiger charge is 2.09. The quantitative estimate of drug-likeness (QED) is 0.728. The van der Waals surface area contributed by atoms with Crippen molar-refractivity contribution < 1.29 is 9.53 Å². The van der Waals surface area contributed by atoms with E-state index in [0.29, 0.717) is 30.4 Å². The highest BCUT2D eigenvalue weighted by atomic mass is 16.5. The normalized spacial score (nSPS) is 10.1. The molecule has 0 spiro atoms. The minimum absolute atomic E-state index is 0.237. The number of carbonyl (C=O) groups is 1. The summed E-state index contributed by atoms with van der Waals surface area (Å²) in [5.74, 6) is 1.79. The van der Waals surface area contributed by atoms with Gasteiger partial charge in [0.25, 0.3) is 5.91 Å². The van der Waals surface area contributed by atoms with Crippen molar-refractivity contribution in [3.63, 3.8) is 0 Å². The number of aryl methyl sites for hydroxylation is 1. The molecule has 2 N–H and O–H groups in total. The highest BCUT2D eigenvalue weighted by molar-refractivity contribution is 5.93. The third-order valence-corrected chi connectivity index (χ3v) is 3.36. The lowest BCUT2D eigenvalue weighted by atomic mass is 10.1. The average Bonchev–Trinajstić information content (AvgIpc) is 2.59. The molecule has 1 aromatic heterocycles. The Balaban J connectivity index is 1.95. The van der Waals surface area contributed by atoms with Gasteiger partial charge in [0.15, 0.2) is 0 Å². The molecule has 1 aromatic carbocycles. The summed E-state index contributed by atoms with van der Waals surface area (Å²) < 4.78 is 5.14. The van der Waals surface area contributed by atoms with E-state index in [-0.39, 0.29) is 5.91 Å². The second-order valence-electron chi connectivity index (χ2n) is 5.21. The molecule has 6 heteroatoms. The second-order valence-corrected chi connectivity index (χ2v) is 5.21. The van der Waals surface area contributed by atoms with Gasteiger partial charge in [0.05, 0.1) is 7.11 Å². The molecule has 1 amide bonds. The first-order valence-electron chi connectivity index (χ1n) is 7.74. The Labute approximate surface area is 142 Å². The molecular formula is C18H22N4O2. The van der Waals surface area contributed by atoms with E-state index in [0.717, 1.165) is 12.2 Å². The summed E-state index contributed by atoms with van der Waals surface area (Å²) in [5.41, 5.74) is 1.54. The van der Waals surface area contributed by atoms with Crippen LogP contribution in [0.4, 0.5) is 5.82 Å². The lowest BCUT2D eigenvalue weighted by Crippen LogP contribution is -2.25. The van der Waals surface area contributed by atoms with Gasteiger partial charge in [-0.1, -0.05) is 18.2 Å². The predicted octanol–water partition coefficient (Wildman–Crippen LogP) is 2.36. The number of carbonyl (C=O) groups excluding carboxylic acids is 1. The minimum atomic E-state index is -0.237. The summed E-state index contributed by atoms with van der Waals surface area (Å²) in [5, 5.41) is 5.94. The lowest BCUT2D eigenvalue weighted by molar-refractivity contribution is 0.0952. The molecule has 0 aliphatic carbocycles. The van der Waals surface area contributed by atoms with Crippen molar-refractivity contribution >= 4 is 11.7 Å². The zero-order valence-corrected chi connectivity index (χ0v) is 14.0. The zero-order chi connectivity index (χ0) is 17.4. The fourth-order valence-electron chi connectivity index (χ4n) is 2.16. The molecule has 0 unspecified atom stereocenters. The Hall–Kier alpha value is -2.89. The number of amides is 1. The van der Waals surface area contributed by atoms with E-state index in [9.17, 15) is 4.79 Å². The molecule has 6 nitrogen and oxygen atoms in total. The van der Waals surface area contributed by atoms with Gasteiger partial charge in [0.1, 0.15) is 23.1 Å². The lowest BCUT2D eigenvalue weighted by Gasteiger charge is -2.09. The number of ether oxygens (including phenoxy) is 1. The van der Waals surface area contributed by atoms with Crippen LogP contribution >= 0.6 is 0 Å². The third-order valence-electron chi connectivity index (χ3n) is 3.36. The number of nitrogens with one attached hydrogen (secondary N) is 2. The topological polar surface area (TPSA) is 76.1 Å². The number of anilines is 1. The first-order valence-corrected chi connectivity index (χ1v) is 7.74. The van der Waals surface area contributed by atoms with Crippen LogP contribution in [-0.2, 0) is 6.42 Å². The Morgan fingerprint density at radius 3 is 2.71 bits per heavy atom. The van der Waals surface area contributed by atoms with Crippen molar-refractivity contribution in [2.45, 2.75) is 13.3 Å². The number of methoxy groups -OCH3 is 1. The van der Waals surface area contributed by atoms with Gasteiger partial charge in [0.2, 0.25) is 0 Å². The van der Waals surface area contributed by atoms with Crippen LogP contribution in [0.1, 0.15) is 21.9 Å². The molecule has 0 saturated heterocycles. The van der Waals surface area contributed by atoms with Gasteiger partial charge in [-0.2, -0.15) is 0 Å². The third kappa shape index (κ3) is 5.08. The Morgan fingerprint density at radius 2 is 2.04 bits per heavy atom. The summed E-state index contributed by atoms with van der Waals surface area (Å²) in [7, 11) is 1.65. The highest BCUT2D eigenvalue weighted by Crippen LogP contribution is 2.12. The molecule has 0 fully saturated rings. The molecule has 0 atom stereocenters. The van der Waals surface area contributed by atoms with Crippen LogP contribution in [0.15, 0.2) is 43.0 Å². The van der Waals surface area contributed by atoms with Gasteiger partial charge in [-0.25, -0.2) is 9.97 Å². The summed E-state index contributed by atoms with van der Waals surface area (Å²) >= 11 is 0. The monoisotopic (exact) mass is 326 g/mol. The summed E-state index contributed by atoms with van der Waals surface area (Å²) in [6.45, 7) is 6.45. The maximum Gasteiger partial charge on any atom is 0.270 e. The zero-order valence-electron chi connectivity index (χ0n) is 14.0. The van der Waals surface area contributed by atoms with Crippen LogP contribution in [0.25, 0.3) is 0 Å². The Kier molecular flexibility index (Phi) is 6.31. The van der Waals surface area contributed by atoms with Crippen LogP contribution in [0.2, 0.25) is 0 Å². The molecule has 0 saturated carbocycles. The Bertz CT molecular complexity index is 699. The van der Waals surface area contributed by atoms with Crippen molar-refractivity contribution in [2.75, 3.05) is 25.5 Å². The van der Waals surface area contributed by atoms with Crippen molar-refractivity contribution in [3.8, 4) is 5.75 Å². The molecule has 0 aliphatic heterocycles. The van der Waals surface area contributed by atoms with Crippen LogP contribution in [0.5, 0.6) is 5.75 Å². The van der Waals surface area contributed by atoms with E-state index in [1.54, 1.807) is 26.2 Å². The molecule has 2 rings (SSSR count). The van der Waals surface area contributed by atoms with Crippen molar-refractivity contribution in [1.29, 1.82) is 0 Å². The van der Waals surface area contributed by atoms with Crippen molar-refractivity contribution in [1.82, 2.24) is 15.3 Å². The number of hydrogen-bond acceptors (Lipinski definition) is 5. The molecule has 126 valence electrons. The van der Waals surface area contributed by atoms with E-state index in [1.165, 1.54) is 5.56 Å². The first-order chi connectivity index (χ1) is 11.6. The van der Waals surface area contributed by atoms with E-state index in [4.69, 9.17) is 4.74 Å². The standard InChI is InChI=1S/C18H22N4O2/c1-4-10-20-18(23)16-12-17(22-13(2)21-16)19-11-9-14-5-7-15(24-3)8-6-14/h4-8,12H,1,9-11H2,2-3H3,(H,20,23)(H,19,21,22). The van der Waals surface area contributed by atoms with E-state index in [2.05, 4.69) is 27.2 Å². The average molecular weight is 326 g/mol. The SMILES string of the molecule is C=CCNC(=O)c1cc(NCCc2ccc(OC)cc2)nc(C)n1. The van der Waals surface area contributed by atoms with Gasteiger partial charge in [0, 0.05) is 19.2 Å². The predicted molar refractivity (Wildman–Crippen MR) is 94.5 cm³/mol. The fraction of sp³-hybridized carbons (Fsp3) is 0.278. The number of rotatable bonds is 8. The minimum Gasteiger partial charge on any atom is -0.497 e. The van der Waals surface area contributed by atoms with Crippen molar-refractivity contribution in [2.24, 2.45) is 0 Å². The molecule has 0 bridgehead atoms. The van der Waals surface area contributed by atoms with Gasteiger partial charge < -0.3 is 15.4 Å². The number of benzene rings is 1. The van der Waals surface area contributed by atoms with Crippen molar-refractivity contribution in [3.05, 3.63) is 60.1 Å². The maximum atomic E-state index is 12.0. The smallest absolute Gasteiger partial charge is 0.270 e. The molecular weight excluding hydrogens is 304 g/mol. The largest absolute Gasteiger partial charge is 0.497 e. The summed E-state index contributed by atoms with van der Waals surface area (Å²) in [6.07, 6.45) is 2.46. The van der Waals surface area contributed by atoms with E-state index in [1.807, 2.05) is 24.3 Å². The Morgan fingerprint density at radius 1 is 1.29 bits per heavy atom. The van der Waals surface area contributed by atoms with Gasteiger partial charge >= 0.3 is 0 Å². The second kappa shape index (κ2) is 8.67. The summed E-state index contributed by atoms with van der Waals surface area (Å²) in [4.78, 5) is 20.4. The van der Waals surface area contributed by atoms with Crippen LogP contribution in [0, 0.1) is 6.92 Å². The van der Waals surface area contributed by atoms with E-state index < -0.39 is 0 Å². The summed E-state index contributed by atoms with van der Waals surface area (Å²) in [6, 6.07) is 9.58. The maximum absolute atomic E-state index is 12.0. The van der Waals surface area contributed by atoms with Crippen LogP contribution in [0.3, 0.4) is 0 Å². The number of nitrogens with zero attached hydrogens (tertiary/aromatic N) is 2. The fourth-order valence-corrected chi connectivity index (χ4v) is 2.16. The van der Waals surface area contributed by atoms with Gasteiger partial charge in [-0.15, -0.1) is 6.58 Å². The molecule has 24 heavy (non-hydrogen) atoms. The molecule has 0 aliphatic rings. The molecule has 2 aromatic rings. The first kappa shape index (κ1) is 17.5. The van der Waals surface area contributed by atoms with Gasteiger partial charge in [-0.3, -0.25) is 4.79 Å². The van der Waals surface area contributed by atoms with Crippen LogP contribution < -0.4 is 15.4 Å². The van der Waals surface area contributed by atoms with E-state index >= 15 is 0 Å². The number of hydrogen-bond donors (Lipinski definition) is 2. The molecule has 0 radical (unpaired) electrons. The number of aromatic nitrogens is 2. The van der Waals surface area contributed by atoms with Crippen LogP contribution in [-0.4, -0.2) is 36.1 Å². The molecule has 1 heterocycles. The van der Waals surface area contributed by atoms with Gasteiger partial charge in [-0.05, 0) is 31.0 Å².